The SMILES string of the molecule is CS(=O)(=O)C1CSCCN1c1ccnc(N)c1. The zero-order valence-corrected chi connectivity index (χ0v) is 11.2. The summed E-state index contributed by atoms with van der Waals surface area (Å²) in [6.45, 7) is 0.714. The highest BCUT2D eigenvalue weighted by Crippen LogP contribution is 2.27. The van der Waals surface area contributed by atoms with Crippen LogP contribution in [0.15, 0.2) is 18.3 Å². The van der Waals surface area contributed by atoms with E-state index in [1.807, 2.05) is 4.90 Å². The summed E-state index contributed by atoms with van der Waals surface area (Å²) in [5, 5.41) is -0.469. The van der Waals surface area contributed by atoms with Crippen LogP contribution in [0.4, 0.5) is 11.5 Å². The van der Waals surface area contributed by atoms with Crippen LogP contribution in [0.5, 0.6) is 0 Å². The molecule has 17 heavy (non-hydrogen) atoms. The number of aromatic nitrogens is 1. The Kier molecular flexibility index (Phi) is 3.48. The van der Waals surface area contributed by atoms with Crippen LogP contribution in [0, 0.1) is 0 Å². The van der Waals surface area contributed by atoms with Gasteiger partial charge in [-0.2, -0.15) is 11.8 Å². The summed E-state index contributed by atoms with van der Waals surface area (Å²) in [7, 11) is -3.09. The quantitative estimate of drug-likeness (QED) is 0.850. The van der Waals surface area contributed by atoms with E-state index in [4.69, 9.17) is 5.73 Å². The summed E-state index contributed by atoms with van der Waals surface area (Å²) in [6, 6.07) is 3.51. The van der Waals surface area contributed by atoms with Gasteiger partial charge in [-0.25, -0.2) is 13.4 Å². The number of hydrogen-bond acceptors (Lipinski definition) is 6. The van der Waals surface area contributed by atoms with Crippen molar-refractivity contribution in [2.75, 3.05) is 34.9 Å². The lowest BCUT2D eigenvalue weighted by molar-refractivity contribution is 0.584. The van der Waals surface area contributed by atoms with Crippen LogP contribution in [0.3, 0.4) is 0 Å². The van der Waals surface area contributed by atoms with E-state index in [-0.39, 0.29) is 0 Å². The monoisotopic (exact) mass is 273 g/mol. The summed E-state index contributed by atoms with van der Waals surface area (Å²) in [4.78, 5) is 5.81. The Bertz CT molecular complexity index is 504. The van der Waals surface area contributed by atoms with Gasteiger partial charge >= 0.3 is 0 Å². The minimum absolute atomic E-state index is 0.410. The zero-order chi connectivity index (χ0) is 12.5. The Morgan fingerprint density at radius 2 is 2.35 bits per heavy atom. The van der Waals surface area contributed by atoms with Gasteiger partial charge in [0.25, 0.3) is 0 Å². The third kappa shape index (κ3) is 2.84. The molecule has 0 saturated carbocycles. The summed E-state index contributed by atoms with van der Waals surface area (Å²) in [5.74, 6) is 1.93. The normalized spacial score (nSPS) is 21.5. The predicted molar refractivity (Wildman–Crippen MR) is 72.0 cm³/mol. The number of hydrogen-bond donors (Lipinski definition) is 1. The molecule has 0 aromatic carbocycles. The van der Waals surface area contributed by atoms with Crippen LogP contribution in [-0.2, 0) is 9.84 Å². The van der Waals surface area contributed by atoms with Crippen LogP contribution in [0.1, 0.15) is 0 Å². The first-order valence-corrected chi connectivity index (χ1v) is 8.34. The molecule has 1 atom stereocenters. The molecule has 0 bridgehead atoms. The Balaban J connectivity index is 2.34. The third-order valence-electron chi connectivity index (χ3n) is 2.68. The average Bonchev–Trinajstić information content (AvgIpc) is 2.28. The van der Waals surface area contributed by atoms with Crippen molar-refractivity contribution in [3.63, 3.8) is 0 Å². The highest BCUT2D eigenvalue weighted by Gasteiger charge is 2.31. The fourth-order valence-corrected chi connectivity index (χ4v) is 4.69. The molecule has 2 N–H and O–H groups in total. The molecule has 1 aliphatic rings. The van der Waals surface area contributed by atoms with Crippen molar-refractivity contribution in [2.24, 2.45) is 0 Å². The summed E-state index contributed by atoms with van der Waals surface area (Å²) in [5.41, 5.74) is 6.45. The summed E-state index contributed by atoms with van der Waals surface area (Å²) < 4.78 is 23.5. The predicted octanol–water partition coefficient (Wildman–Crippen LogP) is 0.588. The minimum atomic E-state index is -3.09. The van der Waals surface area contributed by atoms with Gasteiger partial charge in [0.15, 0.2) is 9.84 Å². The molecule has 1 saturated heterocycles. The van der Waals surface area contributed by atoms with E-state index in [0.29, 0.717) is 18.1 Å². The van der Waals surface area contributed by atoms with E-state index < -0.39 is 15.2 Å². The standard InChI is InChI=1S/C10H15N3O2S2/c1-17(14,15)10-7-16-5-4-13(10)8-2-3-12-9(11)6-8/h2-3,6,10H,4-5,7H2,1H3,(H2,11,12). The summed E-state index contributed by atoms with van der Waals surface area (Å²) in [6.07, 6.45) is 2.88. The molecule has 0 spiro atoms. The van der Waals surface area contributed by atoms with E-state index in [9.17, 15) is 8.42 Å². The van der Waals surface area contributed by atoms with E-state index in [1.54, 1.807) is 30.1 Å². The average molecular weight is 273 g/mol. The first-order valence-electron chi connectivity index (χ1n) is 5.23. The number of nitrogens with zero attached hydrogens (tertiary/aromatic N) is 2. The highest BCUT2D eigenvalue weighted by molar-refractivity contribution is 8.01. The number of thioether (sulfide) groups is 1. The Morgan fingerprint density at radius 3 is 3.00 bits per heavy atom. The second-order valence-corrected chi connectivity index (χ2v) is 7.34. The minimum Gasteiger partial charge on any atom is -0.384 e. The van der Waals surface area contributed by atoms with Gasteiger partial charge in [-0.15, -0.1) is 0 Å². The van der Waals surface area contributed by atoms with Crippen molar-refractivity contribution >= 4 is 33.1 Å². The lowest BCUT2D eigenvalue weighted by Crippen LogP contribution is -2.47. The molecule has 1 unspecified atom stereocenters. The first kappa shape index (κ1) is 12.5. The first-order chi connectivity index (χ1) is 7.98. The third-order valence-corrected chi connectivity index (χ3v) is 5.32. The van der Waals surface area contributed by atoms with Crippen LogP contribution in [-0.4, -0.2) is 43.1 Å². The Morgan fingerprint density at radius 1 is 1.59 bits per heavy atom. The molecule has 0 aliphatic carbocycles. The molecule has 2 rings (SSSR count). The molecule has 5 nitrogen and oxygen atoms in total. The molecule has 1 fully saturated rings. The van der Waals surface area contributed by atoms with Gasteiger partial charge in [0, 0.05) is 42.3 Å². The number of nitrogens with two attached hydrogens (primary N) is 1. The highest BCUT2D eigenvalue weighted by atomic mass is 32.2. The van der Waals surface area contributed by atoms with Crippen LogP contribution >= 0.6 is 11.8 Å². The van der Waals surface area contributed by atoms with Crippen LogP contribution < -0.4 is 10.6 Å². The molecule has 94 valence electrons. The van der Waals surface area contributed by atoms with E-state index in [1.165, 1.54) is 6.26 Å². The maximum Gasteiger partial charge on any atom is 0.169 e. The van der Waals surface area contributed by atoms with Crippen LogP contribution in [0.2, 0.25) is 0 Å². The van der Waals surface area contributed by atoms with Gasteiger partial charge in [-0.3, -0.25) is 0 Å². The number of nitrogen functional groups attached to an aromatic ring is 1. The number of anilines is 2. The molecule has 1 aromatic rings. The second kappa shape index (κ2) is 4.73. The van der Waals surface area contributed by atoms with Gasteiger partial charge in [0.05, 0.1) is 0 Å². The van der Waals surface area contributed by atoms with Gasteiger partial charge in [-0.1, -0.05) is 0 Å². The number of sulfone groups is 1. The lowest BCUT2D eigenvalue weighted by atomic mass is 10.3. The molecule has 1 aromatic heterocycles. The van der Waals surface area contributed by atoms with Gasteiger partial charge in [0.1, 0.15) is 11.2 Å². The van der Waals surface area contributed by atoms with Crippen molar-refractivity contribution in [1.29, 1.82) is 0 Å². The van der Waals surface area contributed by atoms with Gasteiger partial charge in [-0.05, 0) is 6.07 Å². The zero-order valence-electron chi connectivity index (χ0n) is 9.54. The Hall–Kier alpha value is -0.950. The molecule has 2 heterocycles. The van der Waals surface area contributed by atoms with Crippen molar-refractivity contribution in [3.8, 4) is 0 Å². The smallest absolute Gasteiger partial charge is 0.169 e. The van der Waals surface area contributed by atoms with Gasteiger partial charge in [0.2, 0.25) is 0 Å². The van der Waals surface area contributed by atoms with E-state index >= 15 is 0 Å². The van der Waals surface area contributed by atoms with Crippen molar-refractivity contribution < 1.29 is 8.42 Å². The molecule has 0 amide bonds. The van der Waals surface area contributed by atoms with E-state index in [2.05, 4.69) is 4.98 Å². The maximum atomic E-state index is 11.8. The maximum absolute atomic E-state index is 11.8. The van der Waals surface area contributed by atoms with Crippen molar-refractivity contribution in [2.45, 2.75) is 5.37 Å². The second-order valence-electron chi connectivity index (χ2n) is 3.99. The Labute approximate surface area is 105 Å². The number of rotatable bonds is 2. The summed E-state index contributed by atoms with van der Waals surface area (Å²) >= 11 is 1.66. The van der Waals surface area contributed by atoms with E-state index in [0.717, 1.165) is 11.4 Å². The fraction of sp³-hybridized carbons (Fsp3) is 0.500. The fourth-order valence-electron chi connectivity index (χ4n) is 1.85. The van der Waals surface area contributed by atoms with Gasteiger partial charge < -0.3 is 10.6 Å². The van der Waals surface area contributed by atoms with Crippen molar-refractivity contribution in [1.82, 2.24) is 4.98 Å². The van der Waals surface area contributed by atoms with Crippen molar-refractivity contribution in [3.05, 3.63) is 18.3 Å². The lowest BCUT2D eigenvalue weighted by Gasteiger charge is -2.35. The molecule has 0 radical (unpaired) electrons. The number of pyridine rings is 1. The molecule has 1 aliphatic heterocycles. The largest absolute Gasteiger partial charge is 0.384 e. The molecular weight excluding hydrogens is 258 g/mol. The topological polar surface area (TPSA) is 76.3 Å². The van der Waals surface area contributed by atoms with Crippen LogP contribution in [0.25, 0.3) is 0 Å². The molecular formula is C10H15N3O2S2. The molecule has 7 heteroatoms.